The number of carboxylic acids is 1. The van der Waals surface area contributed by atoms with Crippen LogP contribution in [0, 0.1) is 11.7 Å². The van der Waals surface area contributed by atoms with E-state index in [9.17, 15) is 9.18 Å². The van der Waals surface area contributed by atoms with E-state index in [1.807, 2.05) is 19.1 Å². The zero-order chi connectivity index (χ0) is 15.9. The third-order valence-electron chi connectivity index (χ3n) is 3.40. The molecule has 0 spiro atoms. The molecule has 0 fully saturated rings. The van der Waals surface area contributed by atoms with Gasteiger partial charge in [-0.15, -0.1) is 0 Å². The van der Waals surface area contributed by atoms with Crippen molar-refractivity contribution in [2.24, 2.45) is 5.92 Å². The van der Waals surface area contributed by atoms with Crippen LogP contribution in [0.4, 0.5) is 4.39 Å². The lowest BCUT2D eigenvalue weighted by atomic mass is 9.97. The highest BCUT2D eigenvalue weighted by atomic mass is 19.1. The van der Waals surface area contributed by atoms with Gasteiger partial charge in [0.1, 0.15) is 5.82 Å². The molecule has 0 saturated heterocycles. The first kappa shape index (κ1) is 16.2. The number of aromatic carboxylic acids is 1. The second-order valence-electron chi connectivity index (χ2n) is 5.41. The Morgan fingerprint density at radius 2 is 1.86 bits per heavy atom. The Balaban J connectivity index is 1.84. The van der Waals surface area contributed by atoms with E-state index in [0.29, 0.717) is 25.2 Å². The third kappa shape index (κ3) is 4.67. The normalized spacial score (nSPS) is 12.1. The van der Waals surface area contributed by atoms with Crippen LogP contribution >= 0.6 is 0 Å². The van der Waals surface area contributed by atoms with Gasteiger partial charge < -0.3 is 9.84 Å². The van der Waals surface area contributed by atoms with Gasteiger partial charge in [-0.1, -0.05) is 37.3 Å². The fourth-order valence-electron chi connectivity index (χ4n) is 2.30. The summed E-state index contributed by atoms with van der Waals surface area (Å²) < 4.78 is 18.4. The van der Waals surface area contributed by atoms with Crippen LogP contribution in [0.3, 0.4) is 0 Å². The molecule has 0 heterocycles. The summed E-state index contributed by atoms with van der Waals surface area (Å²) in [5, 5.41) is 9.16. The summed E-state index contributed by atoms with van der Waals surface area (Å²) in [4.78, 5) is 11.2. The van der Waals surface area contributed by atoms with E-state index in [1.54, 1.807) is 24.3 Å². The van der Waals surface area contributed by atoms with E-state index in [0.717, 1.165) is 11.1 Å². The van der Waals surface area contributed by atoms with Gasteiger partial charge in [0.05, 0.1) is 12.2 Å². The first-order valence-electron chi connectivity index (χ1n) is 7.19. The molecule has 2 aromatic rings. The first-order valence-corrected chi connectivity index (χ1v) is 7.19. The molecule has 0 saturated carbocycles. The van der Waals surface area contributed by atoms with Crippen LogP contribution in [0.5, 0.6) is 0 Å². The molecule has 0 aliphatic heterocycles. The van der Waals surface area contributed by atoms with Crippen molar-refractivity contribution in [2.45, 2.75) is 20.0 Å². The molecule has 0 radical (unpaired) electrons. The maximum atomic E-state index is 12.8. The summed E-state index contributed by atoms with van der Waals surface area (Å²) >= 11 is 0. The van der Waals surface area contributed by atoms with Crippen LogP contribution in [0.25, 0.3) is 0 Å². The Morgan fingerprint density at radius 3 is 2.55 bits per heavy atom. The van der Waals surface area contributed by atoms with Crippen LogP contribution in [0.2, 0.25) is 0 Å². The lowest BCUT2D eigenvalue weighted by molar-refractivity contribution is 0.0693. The van der Waals surface area contributed by atoms with E-state index in [4.69, 9.17) is 9.84 Å². The van der Waals surface area contributed by atoms with E-state index >= 15 is 0 Å². The van der Waals surface area contributed by atoms with Gasteiger partial charge in [0.2, 0.25) is 0 Å². The maximum absolute atomic E-state index is 12.8. The fourth-order valence-corrected chi connectivity index (χ4v) is 2.30. The van der Waals surface area contributed by atoms with Crippen molar-refractivity contribution in [3.8, 4) is 0 Å². The van der Waals surface area contributed by atoms with Gasteiger partial charge in [-0.25, -0.2) is 9.18 Å². The number of rotatable bonds is 7. The number of carboxylic acid groups (broad SMARTS) is 1. The lowest BCUT2D eigenvalue weighted by Crippen LogP contribution is -2.12. The second kappa shape index (κ2) is 7.71. The van der Waals surface area contributed by atoms with Crippen LogP contribution in [0.15, 0.2) is 48.5 Å². The SMILES string of the molecule is CC(COCc1ccc(F)cc1)Cc1ccccc1C(=O)O. The number of carbonyl (C=O) groups is 1. The zero-order valence-electron chi connectivity index (χ0n) is 12.5. The molecular weight excluding hydrogens is 283 g/mol. The van der Waals surface area contributed by atoms with Crippen molar-refractivity contribution in [2.75, 3.05) is 6.61 Å². The molecule has 4 heteroatoms. The van der Waals surface area contributed by atoms with Crippen molar-refractivity contribution >= 4 is 5.97 Å². The summed E-state index contributed by atoms with van der Waals surface area (Å²) in [7, 11) is 0. The molecule has 0 aromatic heterocycles. The van der Waals surface area contributed by atoms with Crippen molar-refractivity contribution in [3.63, 3.8) is 0 Å². The molecule has 0 bridgehead atoms. The molecule has 2 rings (SSSR count). The molecular formula is C18H19FO3. The quantitative estimate of drug-likeness (QED) is 0.843. The predicted molar refractivity (Wildman–Crippen MR) is 82.3 cm³/mol. The van der Waals surface area contributed by atoms with E-state index in [2.05, 4.69) is 0 Å². The average molecular weight is 302 g/mol. The Morgan fingerprint density at radius 1 is 1.18 bits per heavy atom. The molecule has 116 valence electrons. The van der Waals surface area contributed by atoms with Gasteiger partial charge in [-0.2, -0.15) is 0 Å². The summed E-state index contributed by atoms with van der Waals surface area (Å²) in [6.45, 7) is 2.96. The number of hydrogen-bond acceptors (Lipinski definition) is 2. The largest absolute Gasteiger partial charge is 0.478 e. The molecule has 1 unspecified atom stereocenters. The van der Waals surface area contributed by atoms with Crippen molar-refractivity contribution < 1.29 is 19.0 Å². The molecule has 22 heavy (non-hydrogen) atoms. The Labute approximate surface area is 129 Å². The van der Waals surface area contributed by atoms with Gasteiger partial charge in [0.25, 0.3) is 0 Å². The van der Waals surface area contributed by atoms with Crippen molar-refractivity contribution in [1.82, 2.24) is 0 Å². The highest BCUT2D eigenvalue weighted by Crippen LogP contribution is 2.15. The Kier molecular flexibility index (Phi) is 5.67. The first-order chi connectivity index (χ1) is 10.6. The minimum atomic E-state index is -0.907. The molecule has 3 nitrogen and oxygen atoms in total. The third-order valence-corrected chi connectivity index (χ3v) is 3.40. The topological polar surface area (TPSA) is 46.5 Å². The zero-order valence-corrected chi connectivity index (χ0v) is 12.5. The van der Waals surface area contributed by atoms with Crippen molar-refractivity contribution in [1.29, 1.82) is 0 Å². The number of hydrogen-bond donors (Lipinski definition) is 1. The van der Waals surface area contributed by atoms with E-state index in [-0.39, 0.29) is 11.7 Å². The monoisotopic (exact) mass is 302 g/mol. The summed E-state index contributed by atoms with van der Waals surface area (Å²) in [6, 6.07) is 13.2. The summed E-state index contributed by atoms with van der Waals surface area (Å²) in [6.07, 6.45) is 0.645. The van der Waals surface area contributed by atoms with Crippen LogP contribution in [-0.2, 0) is 17.8 Å². The number of benzene rings is 2. The van der Waals surface area contributed by atoms with Gasteiger partial charge in [-0.05, 0) is 41.7 Å². The lowest BCUT2D eigenvalue weighted by Gasteiger charge is -2.14. The van der Waals surface area contributed by atoms with Gasteiger partial charge in [0.15, 0.2) is 0 Å². The van der Waals surface area contributed by atoms with Gasteiger partial charge in [-0.3, -0.25) is 0 Å². The highest BCUT2D eigenvalue weighted by molar-refractivity contribution is 5.89. The van der Waals surface area contributed by atoms with Crippen molar-refractivity contribution in [3.05, 3.63) is 71.0 Å². The van der Waals surface area contributed by atoms with Gasteiger partial charge in [0, 0.05) is 6.61 Å². The number of halogens is 1. The molecule has 1 atom stereocenters. The van der Waals surface area contributed by atoms with Crippen LogP contribution < -0.4 is 0 Å². The fraction of sp³-hybridized carbons (Fsp3) is 0.278. The molecule has 1 N–H and O–H groups in total. The highest BCUT2D eigenvalue weighted by Gasteiger charge is 2.12. The molecule has 2 aromatic carbocycles. The summed E-state index contributed by atoms with van der Waals surface area (Å²) in [5.41, 5.74) is 2.07. The summed E-state index contributed by atoms with van der Waals surface area (Å²) in [5.74, 6) is -0.974. The average Bonchev–Trinajstić information content (AvgIpc) is 2.49. The van der Waals surface area contributed by atoms with Crippen LogP contribution in [0.1, 0.15) is 28.4 Å². The van der Waals surface area contributed by atoms with E-state index < -0.39 is 5.97 Å². The molecule has 0 amide bonds. The minimum absolute atomic E-state index is 0.195. The molecule has 0 aliphatic carbocycles. The molecule has 0 aliphatic rings. The minimum Gasteiger partial charge on any atom is -0.478 e. The van der Waals surface area contributed by atoms with E-state index in [1.165, 1.54) is 12.1 Å². The maximum Gasteiger partial charge on any atom is 0.335 e. The smallest absolute Gasteiger partial charge is 0.335 e. The van der Waals surface area contributed by atoms with Gasteiger partial charge >= 0.3 is 5.97 Å². The standard InChI is InChI=1S/C18H19FO3/c1-13(10-15-4-2-3-5-17(15)18(20)21)11-22-12-14-6-8-16(19)9-7-14/h2-9,13H,10-12H2,1H3,(H,20,21). The van der Waals surface area contributed by atoms with Crippen LogP contribution in [-0.4, -0.2) is 17.7 Å². The Hall–Kier alpha value is -2.20. The predicted octanol–water partition coefficient (Wildman–Crippen LogP) is 3.92. The number of ether oxygens (including phenoxy) is 1. The second-order valence-corrected chi connectivity index (χ2v) is 5.41. The Bertz CT molecular complexity index is 622.